The predicted molar refractivity (Wildman–Crippen MR) is 91.5 cm³/mol. The molecular formula is C18H17FN2O3S. The largest absolute Gasteiger partial charge is 0.395 e. The van der Waals surface area contributed by atoms with Crippen LogP contribution >= 0.6 is 0 Å². The van der Waals surface area contributed by atoms with Crippen molar-refractivity contribution in [1.29, 1.82) is 5.26 Å². The molecule has 2 aromatic carbocycles. The van der Waals surface area contributed by atoms with Gasteiger partial charge in [0.25, 0.3) is 0 Å². The number of hydrogen-bond donors (Lipinski definition) is 1. The van der Waals surface area contributed by atoms with Crippen LogP contribution in [-0.4, -0.2) is 42.8 Å². The van der Waals surface area contributed by atoms with Crippen molar-refractivity contribution < 1.29 is 17.9 Å². The van der Waals surface area contributed by atoms with E-state index in [1.807, 2.05) is 24.3 Å². The first kappa shape index (κ1) is 17.5. The average molecular weight is 360 g/mol. The maximum Gasteiger partial charge on any atom is 0.212 e. The molecular weight excluding hydrogens is 343 g/mol. The number of nitriles is 1. The molecule has 3 rings (SSSR count). The molecule has 0 bridgehead atoms. The van der Waals surface area contributed by atoms with Crippen LogP contribution in [0.5, 0.6) is 0 Å². The van der Waals surface area contributed by atoms with Crippen molar-refractivity contribution in [3.8, 4) is 17.2 Å². The lowest BCUT2D eigenvalue weighted by Gasteiger charge is -2.50. The Morgan fingerprint density at radius 2 is 1.84 bits per heavy atom. The van der Waals surface area contributed by atoms with Gasteiger partial charge >= 0.3 is 0 Å². The molecule has 7 heteroatoms. The molecule has 0 aromatic heterocycles. The molecule has 1 aliphatic rings. The Bertz CT molecular complexity index is 922. The SMILES string of the molecule is CS(=O)(=O)N1[C@H](C#N)[C@H](c2ccccc2-c2ccc(F)cc2)[C@H]1CO. The highest BCUT2D eigenvalue weighted by atomic mass is 32.2. The van der Waals surface area contributed by atoms with Gasteiger partial charge in [-0.3, -0.25) is 0 Å². The number of hydrogen-bond acceptors (Lipinski definition) is 4. The van der Waals surface area contributed by atoms with Crippen molar-refractivity contribution >= 4 is 10.0 Å². The number of aliphatic hydroxyl groups excluding tert-OH is 1. The number of aliphatic hydroxyl groups is 1. The summed E-state index contributed by atoms with van der Waals surface area (Å²) in [5, 5.41) is 19.2. The summed E-state index contributed by atoms with van der Waals surface area (Å²) in [4.78, 5) is 0. The van der Waals surface area contributed by atoms with Crippen LogP contribution in [0.4, 0.5) is 4.39 Å². The summed E-state index contributed by atoms with van der Waals surface area (Å²) in [6.45, 7) is -0.381. The second-order valence-corrected chi connectivity index (χ2v) is 7.92. The van der Waals surface area contributed by atoms with Gasteiger partial charge < -0.3 is 5.11 Å². The summed E-state index contributed by atoms with van der Waals surface area (Å²) in [5.74, 6) is -0.803. The van der Waals surface area contributed by atoms with Gasteiger partial charge in [0.2, 0.25) is 10.0 Å². The maximum atomic E-state index is 13.2. The quantitative estimate of drug-likeness (QED) is 0.905. The molecule has 1 heterocycles. The third-order valence-corrected chi connectivity index (χ3v) is 5.80. The van der Waals surface area contributed by atoms with Gasteiger partial charge in [-0.25, -0.2) is 12.8 Å². The zero-order valence-electron chi connectivity index (χ0n) is 13.5. The van der Waals surface area contributed by atoms with E-state index in [-0.39, 0.29) is 12.4 Å². The fourth-order valence-electron chi connectivity index (χ4n) is 3.47. The normalized spacial score (nSPS) is 23.7. The van der Waals surface area contributed by atoms with E-state index in [0.717, 1.165) is 27.3 Å². The number of benzene rings is 2. The minimum Gasteiger partial charge on any atom is -0.395 e. The lowest BCUT2D eigenvalue weighted by atomic mass is 9.75. The van der Waals surface area contributed by atoms with Crippen molar-refractivity contribution in [2.75, 3.05) is 12.9 Å². The molecule has 1 aliphatic heterocycles. The van der Waals surface area contributed by atoms with E-state index < -0.39 is 28.0 Å². The molecule has 5 nitrogen and oxygen atoms in total. The fraction of sp³-hybridized carbons (Fsp3) is 0.278. The lowest BCUT2D eigenvalue weighted by Crippen LogP contribution is -2.64. The third kappa shape index (κ3) is 3.04. The molecule has 0 spiro atoms. The number of sulfonamides is 1. The van der Waals surface area contributed by atoms with E-state index in [1.165, 1.54) is 12.1 Å². The van der Waals surface area contributed by atoms with E-state index in [0.29, 0.717) is 0 Å². The molecule has 2 aromatic rings. The second kappa shape index (κ2) is 6.56. The minimum absolute atomic E-state index is 0.351. The van der Waals surface area contributed by atoms with Crippen LogP contribution in [-0.2, 0) is 10.0 Å². The van der Waals surface area contributed by atoms with Crippen LogP contribution in [0.3, 0.4) is 0 Å². The van der Waals surface area contributed by atoms with Gasteiger partial charge in [0, 0.05) is 5.92 Å². The zero-order chi connectivity index (χ0) is 18.2. The zero-order valence-corrected chi connectivity index (χ0v) is 14.3. The van der Waals surface area contributed by atoms with Crippen LogP contribution in [0.1, 0.15) is 11.5 Å². The Labute approximate surface area is 146 Å². The monoisotopic (exact) mass is 360 g/mol. The summed E-state index contributed by atoms with van der Waals surface area (Å²) in [5.41, 5.74) is 2.32. The summed E-state index contributed by atoms with van der Waals surface area (Å²) >= 11 is 0. The first-order chi connectivity index (χ1) is 11.9. The van der Waals surface area contributed by atoms with Crippen LogP contribution in [0.25, 0.3) is 11.1 Å². The standard InChI is InChI=1S/C18H17FN2O3S/c1-25(23,24)21-16(10-20)18(17(21)11-22)15-5-3-2-4-14(15)12-6-8-13(19)9-7-12/h2-9,16-18,22H,11H2,1H3/t16-,17-,18+/m1/s1. The summed E-state index contributed by atoms with van der Waals surface area (Å²) in [6, 6.07) is 13.7. The number of halogens is 1. The van der Waals surface area contributed by atoms with Crippen LogP contribution in [0.2, 0.25) is 0 Å². The topological polar surface area (TPSA) is 81.4 Å². The maximum absolute atomic E-state index is 13.2. The first-order valence-electron chi connectivity index (χ1n) is 7.72. The highest BCUT2D eigenvalue weighted by Crippen LogP contribution is 2.45. The molecule has 1 saturated heterocycles. The predicted octanol–water partition coefficient (Wildman–Crippen LogP) is 2.10. The Morgan fingerprint density at radius 1 is 1.20 bits per heavy atom. The molecule has 130 valence electrons. The van der Waals surface area contributed by atoms with Gasteiger partial charge in [-0.15, -0.1) is 0 Å². The first-order valence-corrected chi connectivity index (χ1v) is 9.57. The van der Waals surface area contributed by atoms with Gasteiger partial charge in [0.15, 0.2) is 0 Å². The van der Waals surface area contributed by atoms with Crippen LogP contribution < -0.4 is 0 Å². The Morgan fingerprint density at radius 3 is 2.40 bits per heavy atom. The smallest absolute Gasteiger partial charge is 0.212 e. The molecule has 3 atom stereocenters. The fourth-order valence-corrected chi connectivity index (χ4v) is 4.75. The lowest BCUT2D eigenvalue weighted by molar-refractivity contribution is 0.0566. The van der Waals surface area contributed by atoms with Crippen molar-refractivity contribution in [3.05, 3.63) is 59.9 Å². The highest BCUT2D eigenvalue weighted by Gasteiger charge is 2.54. The molecule has 0 unspecified atom stereocenters. The number of rotatable bonds is 4. The average Bonchev–Trinajstić information content (AvgIpc) is 2.55. The Kier molecular flexibility index (Phi) is 4.60. The van der Waals surface area contributed by atoms with Gasteiger partial charge in [0.1, 0.15) is 11.9 Å². The van der Waals surface area contributed by atoms with E-state index in [2.05, 4.69) is 0 Å². The van der Waals surface area contributed by atoms with E-state index in [1.54, 1.807) is 18.2 Å². The van der Waals surface area contributed by atoms with E-state index in [4.69, 9.17) is 0 Å². The Balaban J connectivity index is 2.08. The van der Waals surface area contributed by atoms with Gasteiger partial charge in [0.05, 0.1) is 25.0 Å². The van der Waals surface area contributed by atoms with Crippen molar-refractivity contribution in [2.45, 2.75) is 18.0 Å². The summed E-state index contributed by atoms with van der Waals surface area (Å²) < 4.78 is 38.1. The molecule has 1 N–H and O–H groups in total. The molecule has 0 radical (unpaired) electrons. The molecule has 0 amide bonds. The molecule has 0 saturated carbocycles. The van der Waals surface area contributed by atoms with Crippen molar-refractivity contribution in [3.63, 3.8) is 0 Å². The van der Waals surface area contributed by atoms with Gasteiger partial charge in [-0.1, -0.05) is 36.4 Å². The van der Waals surface area contributed by atoms with E-state index >= 15 is 0 Å². The molecule has 1 fully saturated rings. The van der Waals surface area contributed by atoms with Crippen LogP contribution in [0, 0.1) is 17.1 Å². The minimum atomic E-state index is -3.61. The summed E-state index contributed by atoms with van der Waals surface area (Å²) in [6.07, 6.45) is 1.03. The highest BCUT2D eigenvalue weighted by molar-refractivity contribution is 7.88. The third-order valence-electron chi connectivity index (χ3n) is 4.53. The molecule has 0 aliphatic carbocycles. The second-order valence-electron chi connectivity index (χ2n) is 6.04. The molecule has 25 heavy (non-hydrogen) atoms. The summed E-state index contributed by atoms with van der Waals surface area (Å²) in [7, 11) is -3.61. The van der Waals surface area contributed by atoms with Crippen molar-refractivity contribution in [2.24, 2.45) is 0 Å². The number of nitrogens with zero attached hydrogens (tertiary/aromatic N) is 2. The van der Waals surface area contributed by atoms with Crippen molar-refractivity contribution in [1.82, 2.24) is 4.31 Å². The van der Waals surface area contributed by atoms with Gasteiger partial charge in [-0.2, -0.15) is 9.57 Å². The van der Waals surface area contributed by atoms with Crippen LogP contribution in [0.15, 0.2) is 48.5 Å². The van der Waals surface area contributed by atoms with Gasteiger partial charge in [-0.05, 0) is 28.8 Å². The van der Waals surface area contributed by atoms with E-state index in [9.17, 15) is 23.2 Å². The Hall–Kier alpha value is -2.27.